The summed E-state index contributed by atoms with van der Waals surface area (Å²) in [6.07, 6.45) is 0. The van der Waals surface area contributed by atoms with Crippen LogP contribution in [0.15, 0.2) is 0 Å². The van der Waals surface area contributed by atoms with Gasteiger partial charge in [-0.1, -0.05) is 0 Å². The van der Waals surface area contributed by atoms with E-state index in [1.165, 1.54) is 0 Å². The molecular formula is C2H2BIS. The molecule has 0 aliphatic heterocycles. The van der Waals surface area contributed by atoms with Crippen LogP contribution < -0.4 is 0 Å². The first-order valence-electron chi connectivity index (χ1n) is 1.12. The summed E-state index contributed by atoms with van der Waals surface area (Å²) in [4.78, 5) is 0. The van der Waals surface area contributed by atoms with Crippen molar-refractivity contribution in [3.8, 4) is 0 Å². The van der Waals surface area contributed by atoms with Gasteiger partial charge >= 0.3 is 50.7 Å². The Balaban J connectivity index is 2.92. The molecule has 0 radical (unpaired) electrons. The van der Waals surface area contributed by atoms with Gasteiger partial charge in [-0.25, -0.2) is 0 Å². The van der Waals surface area contributed by atoms with Gasteiger partial charge in [0.05, 0.1) is 0 Å². The van der Waals surface area contributed by atoms with Crippen LogP contribution in [-0.2, 0) is 0 Å². The predicted molar refractivity (Wildman–Crippen MR) is 39.5 cm³/mol. The van der Waals surface area contributed by atoms with Gasteiger partial charge in [0.15, 0.2) is 0 Å². The maximum absolute atomic E-state index is 4.43. The van der Waals surface area contributed by atoms with Crippen molar-refractivity contribution in [1.82, 2.24) is 0 Å². The van der Waals surface area contributed by atoms with Crippen LogP contribution in [-0.4, -0.2) is 16.1 Å². The molecule has 0 aliphatic rings. The molecule has 0 saturated carbocycles. The topological polar surface area (TPSA) is 0 Å². The van der Waals surface area contributed by atoms with Crippen molar-refractivity contribution < 1.29 is 0 Å². The molecule has 0 aromatic heterocycles. The molecule has 26 valence electrons. The number of rotatable bonds is 1. The predicted octanol–water partition coefficient (Wildman–Crippen LogP) is 0.843. The van der Waals surface area contributed by atoms with Crippen LogP contribution in [0.3, 0.4) is 0 Å². The van der Waals surface area contributed by atoms with Crippen LogP contribution in [0.2, 0.25) is 0 Å². The third-order valence-electron chi connectivity index (χ3n) is 0.151. The molecule has 0 spiro atoms. The summed E-state index contributed by atoms with van der Waals surface area (Å²) in [5, 5.41) is 1.58. The van der Waals surface area contributed by atoms with Crippen molar-refractivity contribution >= 4 is 50.7 Å². The number of thiocarbonyl (C=S) groups is 1. The summed E-state index contributed by atoms with van der Waals surface area (Å²) in [5.74, 6) is 1.80. The fourth-order valence-electron chi connectivity index (χ4n) is 0.0297. The Labute approximate surface area is 50.7 Å². The van der Waals surface area contributed by atoms with E-state index in [-0.39, 0.29) is 0 Å². The minimum absolute atomic E-state index is 1.58. The molecule has 0 atom stereocenters. The van der Waals surface area contributed by atoms with E-state index in [9.17, 15) is 0 Å². The summed E-state index contributed by atoms with van der Waals surface area (Å²) in [6, 6.07) is 0. The van der Waals surface area contributed by atoms with Gasteiger partial charge in [-0.05, 0) is 0 Å². The van der Waals surface area contributed by atoms with Gasteiger partial charge in [-0.2, -0.15) is 0 Å². The molecule has 0 fully saturated rings. The van der Waals surface area contributed by atoms with Crippen molar-refractivity contribution in [2.24, 2.45) is 0 Å². The van der Waals surface area contributed by atoms with Crippen LogP contribution >= 0.6 is 34.6 Å². The van der Waals surface area contributed by atoms with E-state index in [4.69, 9.17) is 0 Å². The molecule has 0 saturated heterocycles. The Morgan fingerprint density at radius 1 is 1.80 bits per heavy atom. The maximum atomic E-state index is 4.43. The molecule has 0 aliphatic carbocycles. The summed E-state index contributed by atoms with van der Waals surface area (Å²) in [7, 11) is 0. The van der Waals surface area contributed by atoms with Gasteiger partial charge in [0.2, 0.25) is 0 Å². The van der Waals surface area contributed by atoms with E-state index in [1.54, 1.807) is 11.3 Å². The Bertz CT molecular complexity index is 51.6. The summed E-state index contributed by atoms with van der Waals surface area (Å²) in [6.45, 7) is 0. The van der Waals surface area contributed by atoms with E-state index in [0.29, 0.717) is 0 Å². The molecular weight excluding hydrogens is 194 g/mol. The second-order valence-electron chi connectivity index (χ2n) is 0.455. The number of halogens is 1. The molecule has 0 unspecified atom stereocenters. The minimum atomic E-state index is 1.58. The molecule has 3 heteroatoms. The molecule has 5 heavy (non-hydrogen) atoms. The van der Waals surface area contributed by atoms with Crippen molar-refractivity contribution in [1.29, 1.82) is 0 Å². The average molecular weight is 196 g/mol. The zero-order chi connectivity index (χ0) is 4.12. The third kappa shape index (κ3) is 4.75. The molecule has 0 N–H and O–H groups in total. The molecule has 0 bridgehead atoms. The molecule has 0 rings (SSSR count). The normalized spacial score (nSPS) is 7.40. The average Bonchev–Trinajstić information content (AvgIpc) is 1.41. The Kier molecular flexibility index (Phi) is 5.47. The monoisotopic (exact) mass is 196 g/mol. The Hall–Kier alpha value is 0.755. The zero-order valence-corrected chi connectivity index (χ0v) is 5.49. The summed E-state index contributed by atoms with van der Waals surface area (Å²) < 4.78 is 1.87. The Morgan fingerprint density at radius 2 is 2.40 bits per heavy atom. The number of hydrogen-bond acceptors (Lipinski definition) is 1. The van der Waals surface area contributed by atoms with Crippen LogP contribution in [0.1, 0.15) is 0 Å². The fourth-order valence-corrected chi connectivity index (χ4v) is 0.598. The van der Waals surface area contributed by atoms with E-state index < -0.39 is 0 Å². The van der Waals surface area contributed by atoms with E-state index in [1.807, 2.05) is 4.78 Å². The second-order valence-corrected chi connectivity index (χ2v) is 1.45. The van der Waals surface area contributed by atoms with Gasteiger partial charge in [0, 0.05) is 0 Å². The van der Waals surface area contributed by atoms with Crippen LogP contribution in [0.5, 0.6) is 0 Å². The quantitative estimate of drug-likeness (QED) is 0.340. The van der Waals surface area contributed by atoms with Crippen LogP contribution in [0, 0.1) is 0 Å². The first kappa shape index (κ1) is 5.75. The van der Waals surface area contributed by atoms with E-state index in [0.717, 1.165) is 0 Å². The first-order valence-corrected chi connectivity index (χ1v) is 2.84. The van der Waals surface area contributed by atoms with E-state index >= 15 is 0 Å². The summed E-state index contributed by atoms with van der Waals surface area (Å²) >= 11 is 6.54. The van der Waals surface area contributed by atoms with Crippen molar-refractivity contribution in [3.63, 3.8) is 0 Å². The van der Waals surface area contributed by atoms with Gasteiger partial charge in [0.1, 0.15) is 0 Å². The standard InChI is InChI=1S/C2H2BIS/c4-3-1-2-5/h1-2H. The molecule has 0 nitrogen and oxygen atoms in total. The molecule has 0 aromatic carbocycles. The Morgan fingerprint density at radius 3 is 2.40 bits per heavy atom. The molecule has 0 heterocycles. The van der Waals surface area contributed by atoms with Gasteiger partial charge in [-0.3, -0.25) is 0 Å². The van der Waals surface area contributed by atoms with Crippen molar-refractivity contribution in [2.45, 2.75) is 0 Å². The van der Waals surface area contributed by atoms with Crippen LogP contribution in [0.25, 0.3) is 0 Å². The number of hydrogen-bond donors (Lipinski definition) is 0. The fraction of sp³-hybridized carbons (Fsp3) is 0. The molecule has 0 aromatic rings. The first-order chi connectivity index (χ1) is 2.41. The van der Waals surface area contributed by atoms with Crippen LogP contribution in [0.4, 0.5) is 0 Å². The molecule has 0 amide bonds. The van der Waals surface area contributed by atoms with Crippen molar-refractivity contribution in [2.75, 3.05) is 0 Å². The van der Waals surface area contributed by atoms with Gasteiger partial charge < -0.3 is 0 Å². The van der Waals surface area contributed by atoms with Crippen molar-refractivity contribution in [3.05, 3.63) is 0 Å². The SMILES string of the molecule is S=CC=BI. The zero-order valence-electron chi connectivity index (χ0n) is 2.52. The second kappa shape index (κ2) is 4.75. The van der Waals surface area contributed by atoms with Gasteiger partial charge in [0.25, 0.3) is 0 Å². The summed E-state index contributed by atoms with van der Waals surface area (Å²) in [5.41, 5.74) is 0. The third-order valence-corrected chi connectivity index (χ3v) is 0.724. The van der Waals surface area contributed by atoms with Gasteiger partial charge in [-0.15, -0.1) is 0 Å². The van der Waals surface area contributed by atoms with E-state index in [2.05, 4.69) is 34.6 Å².